The molecule has 0 amide bonds. The fraction of sp³-hybridized carbons (Fsp3) is 0.125. The first kappa shape index (κ1) is 11.9. The number of halogens is 1. The second-order valence-electron chi connectivity index (χ2n) is 4.67. The predicted molar refractivity (Wildman–Crippen MR) is 75.3 cm³/mol. The number of nitrogens with zero attached hydrogens (tertiary/aromatic N) is 1. The maximum Gasteiger partial charge on any atom is 0.123 e. The quantitative estimate of drug-likeness (QED) is 0.764. The smallest absolute Gasteiger partial charge is 0.123 e. The molecule has 0 bridgehead atoms. The molecule has 0 saturated heterocycles. The van der Waals surface area contributed by atoms with Crippen LogP contribution in [0.2, 0.25) is 0 Å². The van der Waals surface area contributed by atoms with E-state index in [1.165, 1.54) is 11.5 Å². The van der Waals surface area contributed by atoms with Crippen molar-refractivity contribution in [1.82, 2.24) is 4.57 Å². The third-order valence-electron chi connectivity index (χ3n) is 3.29. The molecule has 0 aliphatic carbocycles. The van der Waals surface area contributed by atoms with Crippen molar-refractivity contribution in [3.8, 4) is 0 Å². The maximum absolute atomic E-state index is 13.5. The molecule has 2 nitrogen and oxygen atoms in total. The fourth-order valence-corrected chi connectivity index (χ4v) is 2.40. The summed E-state index contributed by atoms with van der Waals surface area (Å²) in [6, 6.07) is 15.2. The van der Waals surface area contributed by atoms with Crippen LogP contribution >= 0.6 is 0 Å². The Kier molecular flexibility index (Phi) is 3.05. The van der Waals surface area contributed by atoms with Crippen LogP contribution in [-0.2, 0) is 13.1 Å². The average molecular weight is 254 g/mol. The van der Waals surface area contributed by atoms with Gasteiger partial charge in [-0.15, -0.1) is 0 Å². The lowest BCUT2D eigenvalue weighted by atomic mass is 10.1. The number of hydrogen-bond acceptors (Lipinski definition) is 1. The van der Waals surface area contributed by atoms with Gasteiger partial charge in [0.2, 0.25) is 0 Å². The van der Waals surface area contributed by atoms with E-state index < -0.39 is 0 Å². The first-order valence-corrected chi connectivity index (χ1v) is 6.28. The van der Waals surface area contributed by atoms with Crippen LogP contribution in [0.4, 0.5) is 4.39 Å². The maximum atomic E-state index is 13.5. The van der Waals surface area contributed by atoms with Crippen LogP contribution in [0.3, 0.4) is 0 Å². The Morgan fingerprint density at radius 2 is 1.79 bits per heavy atom. The number of para-hydroxylation sites is 1. The van der Waals surface area contributed by atoms with Crippen molar-refractivity contribution in [2.75, 3.05) is 0 Å². The molecule has 2 aromatic carbocycles. The number of aromatic nitrogens is 1. The van der Waals surface area contributed by atoms with Gasteiger partial charge in [-0.25, -0.2) is 4.39 Å². The van der Waals surface area contributed by atoms with Crippen LogP contribution in [0.5, 0.6) is 0 Å². The van der Waals surface area contributed by atoms with Crippen molar-refractivity contribution in [2.45, 2.75) is 13.1 Å². The Labute approximate surface area is 111 Å². The molecule has 0 unspecified atom stereocenters. The molecule has 1 heterocycles. The van der Waals surface area contributed by atoms with E-state index in [4.69, 9.17) is 5.73 Å². The molecule has 0 radical (unpaired) electrons. The summed E-state index contributed by atoms with van der Waals surface area (Å²) >= 11 is 0. The van der Waals surface area contributed by atoms with Gasteiger partial charge in [0.25, 0.3) is 0 Å². The zero-order valence-electron chi connectivity index (χ0n) is 10.5. The highest BCUT2D eigenvalue weighted by atomic mass is 19.1. The van der Waals surface area contributed by atoms with Gasteiger partial charge in [-0.3, -0.25) is 0 Å². The minimum absolute atomic E-state index is 0.227. The highest BCUT2D eigenvalue weighted by molar-refractivity contribution is 5.80. The number of benzene rings is 2. The fourth-order valence-electron chi connectivity index (χ4n) is 2.40. The molecule has 0 spiro atoms. The van der Waals surface area contributed by atoms with Gasteiger partial charge >= 0.3 is 0 Å². The molecule has 1 aromatic heterocycles. The van der Waals surface area contributed by atoms with E-state index in [9.17, 15) is 4.39 Å². The largest absolute Gasteiger partial charge is 0.343 e. The summed E-state index contributed by atoms with van der Waals surface area (Å²) in [6.07, 6.45) is 2.03. The standard InChI is InChI=1S/C16H15FN2/c17-15-8-12(10-18)7-13(9-15)11-19-6-5-14-3-1-2-4-16(14)19/h1-9H,10-11,18H2. The topological polar surface area (TPSA) is 30.9 Å². The second kappa shape index (κ2) is 4.86. The zero-order valence-corrected chi connectivity index (χ0v) is 10.5. The number of nitrogens with two attached hydrogens (primary N) is 1. The van der Waals surface area contributed by atoms with E-state index in [0.717, 1.165) is 16.6 Å². The molecule has 0 saturated carbocycles. The summed E-state index contributed by atoms with van der Waals surface area (Å²) in [7, 11) is 0. The van der Waals surface area contributed by atoms with Crippen LogP contribution in [0.25, 0.3) is 10.9 Å². The summed E-state index contributed by atoms with van der Waals surface area (Å²) < 4.78 is 15.6. The van der Waals surface area contributed by atoms with Crippen molar-refractivity contribution in [3.63, 3.8) is 0 Å². The van der Waals surface area contributed by atoms with Gasteiger partial charge in [0.05, 0.1) is 0 Å². The third-order valence-corrected chi connectivity index (χ3v) is 3.29. The van der Waals surface area contributed by atoms with Crippen molar-refractivity contribution in [3.05, 3.63) is 71.7 Å². The van der Waals surface area contributed by atoms with E-state index in [-0.39, 0.29) is 5.82 Å². The Morgan fingerprint density at radius 3 is 2.63 bits per heavy atom. The number of rotatable bonds is 3. The predicted octanol–water partition coefficient (Wildman–Crippen LogP) is 3.29. The summed E-state index contributed by atoms with van der Waals surface area (Å²) in [4.78, 5) is 0. The molecule has 19 heavy (non-hydrogen) atoms. The summed E-state index contributed by atoms with van der Waals surface area (Å²) in [6.45, 7) is 1.01. The highest BCUT2D eigenvalue weighted by Gasteiger charge is 2.04. The number of fused-ring (bicyclic) bond motifs is 1. The van der Waals surface area contributed by atoms with E-state index in [0.29, 0.717) is 13.1 Å². The minimum Gasteiger partial charge on any atom is -0.343 e. The van der Waals surface area contributed by atoms with Crippen molar-refractivity contribution in [2.24, 2.45) is 5.73 Å². The Morgan fingerprint density at radius 1 is 1.00 bits per heavy atom. The van der Waals surface area contributed by atoms with Crippen LogP contribution in [-0.4, -0.2) is 4.57 Å². The Hall–Kier alpha value is -2.13. The lowest BCUT2D eigenvalue weighted by Crippen LogP contribution is -2.02. The summed E-state index contributed by atoms with van der Waals surface area (Å²) in [5, 5.41) is 1.19. The molecule has 0 aliphatic heterocycles. The summed E-state index contributed by atoms with van der Waals surface area (Å²) in [5.41, 5.74) is 8.49. The van der Waals surface area contributed by atoms with Gasteiger partial charge in [-0.1, -0.05) is 24.3 Å². The van der Waals surface area contributed by atoms with E-state index in [1.807, 2.05) is 24.4 Å². The van der Waals surface area contributed by atoms with Gasteiger partial charge in [0, 0.05) is 24.8 Å². The van der Waals surface area contributed by atoms with Crippen LogP contribution in [0.1, 0.15) is 11.1 Å². The molecular weight excluding hydrogens is 239 g/mol. The molecule has 3 rings (SSSR count). The van der Waals surface area contributed by atoms with Crippen molar-refractivity contribution in [1.29, 1.82) is 0 Å². The molecule has 3 aromatic rings. The van der Waals surface area contributed by atoms with Crippen LogP contribution in [0, 0.1) is 5.82 Å². The Balaban J connectivity index is 1.99. The van der Waals surface area contributed by atoms with Gasteiger partial charge < -0.3 is 10.3 Å². The van der Waals surface area contributed by atoms with Gasteiger partial charge in [0.15, 0.2) is 0 Å². The van der Waals surface area contributed by atoms with Crippen molar-refractivity contribution < 1.29 is 4.39 Å². The van der Waals surface area contributed by atoms with E-state index in [2.05, 4.69) is 22.8 Å². The summed E-state index contributed by atoms with van der Waals surface area (Å²) in [5.74, 6) is -0.227. The lowest BCUT2D eigenvalue weighted by molar-refractivity contribution is 0.621. The normalized spacial score (nSPS) is 11.1. The second-order valence-corrected chi connectivity index (χ2v) is 4.67. The number of hydrogen-bond donors (Lipinski definition) is 1. The lowest BCUT2D eigenvalue weighted by Gasteiger charge is -2.08. The molecule has 3 heteroatoms. The molecular formula is C16H15FN2. The molecule has 0 fully saturated rings. The van der Waals surface area contributed by atoms with Crippen LogP contribution < -0.4 is 5.73 Å². The SMILES string of the molecule is NCc1cc(F)cc(Cn2ccc3ccccc32)c1. The highest BCUT2D eigenvalue weighted by Crippen LogP contribution is 2.18. The monoisotopic (exact) mass is 254 g/mol. The van der Waals surface area contributed by atoms with Crippen LogP contribution in [0.15, 0.2) is 54.7 Å². The molecule has 0 atom stereocenters. The van der Waals surface area contributed by atoms with Gasteiger partial charge in [-0.05, 0) is 40.8 Å². The Bertz CT molecular complexity index is 716. The molecule has 96 valence electrons. The average Bonchev–Trinajstić information content (AvgIpc) is 2.82. The third kappa shape index (κ3) is 2.37. The first-order chi connectivity index (χ1) is 9.26. The zero-order chi connectivity index (χ0) is 13.2. The molecule has 2 N–H and O–H groups in total. The van der Waals surface area contributed by atoms with Gasteiger partial charge in [0.1, 0.15) is 5.82 Å². The van der Waals surface area contributed by atoms with E-state index in [1.54, 1.807) is 6.07 Å². The molecule has 0 aliphatic rings. The van der Waals surface area contributed by atoms with Gasteiger partial charge in [-0.2, -0.15) is 0 Å². The van der Waals surface area contributed by atoms with E-state index >= 15 is 0 Å². The minimum atomic E-state index is -0.227. The van der Waals surface area contributed by atoms with Crippen molar-refractivity contribution >= 4 is 10.9 Å². The first-order valence-electron chi connectivity index (χ1n) is 6.28.